The van der Waals surface area contributed by atoms with Crippen molar-refractivity contribution in [3.63, 3.8) is 0 Å². The van der Waals surface area contributed by atoms with Crippen molar-refractivity contribution in [3.8, 4) is 0 Å². The molecule has 0 aliphatic carbocycles. The number of likely N-dealkylation sites (N-methyl/N-ethyl adjacent to an activating group) is 1. The van der Waals surface area contributed by atoms with Crippen molar-refractivity contribution in [1.82, 2.24) is 4.90 Å². The van der Waals surface area contributed by atoms with Gasteiger partial charge in [0.2, 0.25) is 0 Å². The Morgan fingerprint density at radius 1 is 1.33 bits per heavy atom. The first-order chi connectivity index (χ1) is 8.46. The third-order valence-corrected chi connectivity index (χ3v) is 4.36. The smallest absolute Gasteiger partial charge is 0.305 e. The molecule has 1 aromatic carbocycles. The molecule has 0 bridgehead atoms. The van der Waals surface area contributed by atoms with Crippen LogP contribution in [-0.2, 0) is 0 Å². The van der Waals surface area contributed by atoms with Crippen LogP contribution in [0.25, 0.3) is 0 Å². The molecule has 2 rings (SSSR count). The van der Waals surface area contributed by atoms with Gasteiger partial charge in [-0.05, 0) is 18.7 Å². The predicted octanol–water partition coefficient (Wildman–Crippen LogP) is 3.76. The Morgan fingerprint density at radius 2 is 2.06 bits per heavy atom. The summed E-state index contributed by atoms with van der Waals surface area (Å²) in [5.74, 6) is 1.32. The highest BCUT2D eigenvalue weighted by Gasteiger charge is 2.28. The number of nitrogens with zero attached hydrogens (tertiary/aromatic N) is 1. The van der Waals surface area contributed by atoms with Gasteiger partial charge in [-0.2, -0.15) is 13.2 Å². The molecule has 0 fully saturated rings. The number of benzene rings is 1. The summed E-state index contributed by atoms with van der Waals surface area (Å²) in [6, 6.07) is 8.16. The molecule has 1 nitrogen and oxygen atoms in total. The second-order valence-corrected chi connectivity index (χ2v) is 5.74. The second kappa shape index (κ2) is 5.53. The fourth-order valence-corrected chi connectivity index (χ4v) is 3.41. The van der Waals surface area contributed by atoms with E-state index in [0.29, 0.717) is 12.5 Å². The molecule has 0 N–H and O–H groups in total. The first-order valence-corrected chi connectivity index (χ1v) is 6.91. The predicted molar refractivity (Wildman–Crippen MR) is 68.1 cm³/mol. The SMILES string of the molecule is CN(CCC(F)(F)F)CC1CSc2ccccc21. The van der Waals surface area contributed by atoms with Crippen LogP contribution in [0.2, 0.25) is 0 Å². The van der Waals surface area contributed by atoms with Crippen LogP contribution in [0, 0.1) is 0 Å². The lowest BCUT2D eigenvalue weighted by Gasteiger charge is -2.21. The largest absolute Gasteiger partial charge is 0.390 e. The minimum absolute atomic E-state index is 0.0762. The van der Waals surface area contributed by atoms with E-state index in [1.807, 2.05) is 12.1 Å². The van der Waals surface area contributed by atoms with E-state index in [1.54, 1.807) is 23.7 Å². The maximum Gasteiger partial charge on any atom is 0.390 e. The van der Waals surface area contributed by atoms with Crippen molar-refractivity contribution in [3.05, 3.63) is 29.8 Å². The van der Waals surface area contributed by atoms with Gasteiger partial charge in [-0.25, -0.2) is 0 Å². The second-order valence-electron chi connectivity index (χ2n) is 4.67. The van der Waals surface area contributed by atoms with E-state index in [-0.39, 0.29) is 6.54 Å². The van der Waals surface area contributed by atoms with Gasteiger partial charge >= 0.3 is 6.18 Å². The van der Waals surface area contributed by atoms with Crippen molar-refractivity contribution >= 4 is 11.8 Å². The molecule has 1 heterocycles. The Balaban J connectivity index is 1.88. The monoisotopic (exact) mass is 275 g/mol. The van der Waals surface area contributed by atoms with Gasteiger partial charge in [0, 0.05) is 29.7 Å². The zero-order chi connectivity index (χ0) is 13.2. The fourth-order valence-electron chi connectivity index (χ4n) is 2.17. The fraction of sp³-hybridized carbons (Fsp3) is 0.538. The number of halogens is 3. The lowest BCUT2D eigenvalue weighted by atomic mass is 10.0. The molecule has 1 aliphatic rings. The Morgan fingerprint density at radius 3 is 2.78 bits per heavy atom. The van der Waals surface area contributed by atoms with Crippen molar-refractivity contribution in [1.29, 1.82) is 0 Å². The van der Waals surface area contributed by atoms with Gasteiger partial charge in [-0.15, -0.1) is 11.8 Å². The minimum atomic E-state index is -4.06. The summed E-state index contributed by atoms with van der Waals surface area (Å²) >= 11 is 1.79. The number of fused-ring (bicyclic) bond motifs is 1. The molecule has 5 heteroatoms. The van der Waals surface area contributed by atoms with E-state index in [0.717, 1.165) is 5.75 Å². The Labute approximate surface area is 109 Å². The molecule has 100 valence electrons. The maximum atomic E-state index is 12.1. The van der Waals surface area contributed by atoms with E-state index in [2.05, 4.69) is 12.1 Å². The first-order valence-electron chi connectivity index (χ1n) is 5.93. The first kappa shape index (κ1) is 13.7. The average molecular weight is 275 g/mol. The van der Waals surface area contributed by atoms with Crippen molar-refractivity contribution < 1.29 is 13.2 Å². The Kier molecular flexibility index (Phi) is 4.22. The molecular weight excluding hydrogens is 259 g/mol. The molecular formula is C13H16F3NS. The summed E-state index contributed by atoms with van der Waals surface area (Å²) in [4.78, 5) is 3.05. The molecule has 0 amide bonds. The standard InChI is InChI=1S/C13H16F3NS/c1-17(7-6-13(14,15)16)8-10-9-18-12-5-3-2-4-11(10)12/h2-5,10H,6-9H2,1H3. The molecule has 1 aliphatic heterocycles. The van der Waals surface area contributed by atoms with Crippen molar-refractivity contribution in [2.24, 2.45) is 0 Å². The zero-order valence-corrected chi connectivity index (χ0v) is 11.0. The quantitative estimate of drug-likeness (QED) is 0.823. The average Bonchev–Trinajstić information content (AvgIpc) is 2.70. The topological polar surface area (TPSA) is 3.24 Å². The molecule has 0 saturated carbocycles. The van der Waals surface area contributed by atoms with Crippen LogP contribution < -0.4 is 0 Å². The van der Waals surface area contributed by atoms with E-state index < -0.39 is 12.6 Å². The third-order valence-electron chi connectivity index (χ3n) is 3.11. The van der Waals surface area contributed by atoms with Crippen LogP contribution in [0.5, 0.6) is 0 Å². The number of thioether (sulfide) groups is 1. The minimum Gasteiger partial charge on any atom is -0.305 e. The highest BCUT2D eigenvalue weighted by molar-refractivity contribution is 7.99. The van der Waals surface area contributed by atoms with Gasteiger partial charge in [-0.3, -0.25) is 0 Å². The van der Waals surface area contributed by atoms with Gasteiger partial charge in [0.1, 0.15) is 0 Å². The van der Waals surface area contributed by atoms with Gasteiger partial charge in [0.05, 0.1) is 6.42 Å². The maximum absolute atomic E-state index is 12.1. The summed E-state index contributed by atoms with van der Waals surface area (Å²) in [6.07, 6.45) is -4.79. The molecule has 1 unspecified atom stereocenters. The Bertz CT molecular complexity index is 405. The van der Waals surface area contributed by atoms with Crippen LogP contribution in [0.1, 0.15) is 17.9 Å². The third kappa shape index (κ3) is 3.65. The number of hydrogen-bond donors (Lipinski definition) is 0. The molecule has 1 aromatic rings. The molecule has 0 radical (unpaired) electrons. The summed E-state index contributed by atoms with van der Waals surface area (Å²) < 4.78 is 36.4. The molecule has 1 atom stereocenters. The molecule has 18 heavy (non-hydrogen) atoms. The summed E-state index contributed by atoms with van der Waals surface area (Å²) in [5, 5.41) is 0. The van der Waals surface area contributed by atoms with E-state index in [9.17, 15) is 13.2 Å². The van der Waals surface area contributed by atoms with Crippen molar-refractivity contribution in [2.45, 2.75) is 23.4 Å². The van der Waals surface area contributed by atoms with Crippen LogP contribution in [0.15, 0.2) is 29.2 Å². The van der Waals surface area contributed by atoms with E-state index in [4.69, 9.17) is 0 Å². The highest BCUT2D eigenvalue weighted by atomic mass is 32.2. The lowest BCUT2D eigenvalue weighted by Crippen LogP contribution is -2.28. The van der Waals surface area contributed by atoms with Gasteiger partial charge in [0.25, 0.3) is 0 Å². The van der Waals surface area contributed by atoms with Gasteiger partial charge < -0.3 is 4.90 Å². The number of hydrogen-bond acceptors (Lipinski definition) is 2. The van der Waals surface area contributed by atoms with Crippen LogP contribution in [-0.4, -0.2) is 37.0 Å². The molecule has 0 spiro atoms. The van der Waals surface area contributed by atoms with Crippen LogP contribution in [0.3, 0.4) is 0 Å². The molecule has 0 saturated heterocycles. The van der Waals surface area contributed by atoms with Crippen LogP contribution >= 0.6 is 11.8 Å². The molecule has 0 aromatic heterocycles. The normalized spacial score (nSPS) is 19.3. The summed E-state index contributed by atoms with van der Waals surface area (Å²) in [7, 11) is 1.76. The summed E-state index contributed by atoms with van der Waals surface area (Å²) in [5.41, 5.74) is 1.28. The van der Waals surface area contributed by atoms with Gasteiger partial charge in [-0.1, -0.05) is 18.2 Å². The van der Waals surface area contributed by atoms with E-state index in [1.165, 1.54) is 10.5 Å². The van der Waals surface area contributed by atoms with Crippen molar-refractivity contribution in [2.75, 3.05) is 25.9 Å². The summed E-state index contributed by atoms with van der Waals surface area (Å²) in [6.45, 7) is 0.771. The lowest BCUT2D eigenvalue weighted by molar-refractivity contribution is -0.137. The Hall–Kier alpha value is -0.680. The number of alkyl halides is 3. The van der Waals surface area contributed by atoms with Crippen LogP contribution in [0.4, 0.5) is 13.2 Å². The van der Waals surface area contributed by atoms with Gasteiger partial charge in [0.15, 0.2) is 0 Å². The highest BCUT2D eigenvalue weighted by Crippen LogP contribution is 2.39. The zero-order valence-electron chi connectivity index (χ0n) is 10.2. The number of rotatable bonds is 4. The van der Waals surface area contributed by atoms with E-state index >= 15 is 0 Å².